The quantitative estimate of drug-likeness (QED) is 0.725. The lowest BCUT2D eigenvalue weighted by Gasteiger charge is -2.11. The minimum absolute atomic E-state index is 0.0290. The number of benzene rings is 2. The number of ether oxygens (including phenoxy) is 1. The van der Waals surface area contributed by atoms with Gasteiger partial charge in [0.15, 0.2) is 0 Å². The highest BCUT2D eigenvalue weighted by Gasteiger charge is 2.32. The van der Waals surface area contributed by atoms with Gasteiger partial charge in [0, 0.05) is 22.4 Å². The molecule has 7 heteroatoms. The number of allylic oxidation sites excluding steroid dienone is 1. The van der Waals surface area contributed by atoms with Gasteiger partial charge < -0.3 is 10.1 Å². The van der Waals surface area contributed by atoms with Crippen molar-refractivity contribution in [3.8, 4) is 0 Å². The molecule has 0 aliphatic carbocycles. The Hall–Kier alpha value is -1.95. The molecule has 1 aliphatic rings. The molecule has 1 amide bonds. The van der Waals surface area contributed by atoms with Crippen molar-refractivity contribution in [2.75, 3.05) is 7.11 Å². The van der Waals surface area contributed by atoms with Crippen LogP contribution in [0.5, 0.6) is 0 Å². The maximum Gasteiger partial charge on any atom is 0.346 e. The van der Waals surface area contributed by atoms with Gasteiger partial charge in [0.1, 0.15) is 4.91 Å². The van der Waals surface area contributed by atoms with E-state index in [0.717, 1.165) is 5.56 Å². The Balaban J connectivity index is 1.85. The van der Waals surface area contributed by atoms with Crippen LogP contribution in [0.1, 0.15) is 27.6 Å². The minimum atomic E-state index is -0.467. The van der Waals surface area contributed by atoms with Gasteiger partial charge in [-0.05, 0) is 23.8 Å². The average molecular weight is 408 g/mol. The molecule has 1 N–H and O–H groups in total. The monoisotopic (exact) mass is 407 g/mol. The summed E-state index contributed by atoms with van der Waals surface area (Å²) in [5, 5.41) is 3.54. The molecule has 0 radical (unpaired) electrons. The summed E-state index contributed by atoms with van der Waals surface area (Å²) >= 11 is 13.4. The minimum Gasteiger partial charge on any atom is -0.465 e. The third-order valence-corrected chi connectivity index (χ3v) is 5.83. The highest BCUT2D eigenvalue weighted by atomic mass is 35.5. The Labute approximate surface area is 165 Å². The van der Waals surface area contributed by atoms with Gasteiger partial charge >= 0.3 is 5.97 Å². The van der Waals surface area contributed by atoms with E-state index in [-0.39, 0.29) is 10.3 Å². The van der Waals surface area contributed by atoms with Crippen LogP contribution in [-0.2, 0) is 9.53 Å². The summed E-state index contributed by atoms with van der Waals surface area (Å²) in [7, 11) is 1.32. The second kappa shape index (κ2) is 8.16. The fraction of sp³-hybridized carbons (Fsp3) is 0.158. The first-order valence-corrected chi connectivity index (χ1v) is 9.42. The van der Waals surface area contributed by atoms with Gasteiger partial charge in [0.05, 0.1) is 17.7 Å². The maximum absolute atomic E-state index is 12.6. The first-order valence-electron chi connectivity index (χ1n) is 7.79. The Bertz CT molecular complexity index is 884. The van der Waals surface area contributed by atoms with Crippen molar-refractivity contribution in [3.05, 3.63) is 80.3 Å². The smallest absolute Gasteiger partial charge is 0.346 e. The van der Waals surface area contributed by atoms with Crippen LogP contribution in [-0.4, -0.2) is 19.0 Å². The third-order valence-electron chi connectivity index (χ3n) is 3.91. The van der Waals surface area contributed by atoms with Crippen LogP contribution in [0.3, 0.4) is 0 Å². The SMILES string of the molecule is COC(=O)C1=C(NC(=O)c2ccc(Cl)cc2Cl)CC(c2ccccc2)S1. The first kappa shape index (κ1) is 18.8. The standard InChI is InChI=1S/C19H15Cl2NO3S/c1-25-19(24)17-15(10-16(26-17)11-5-3-2-4-6-11)22-18(23)13-8-7-12(20)9-14(13)21/h2-9,16H,10H2,1H3,(H,22,23). The van der Waals surface area contributed by atoms with Gasteiger partial charge in [-0.3, -0.25) is 4.79 Å². The van der Waals surface area contributed by atoms with Crippen molar-refractivity contribution in [2.24, 2.45) is 0 Å². The van der Waals surface area contributed by atoms with E-state index in [1.807, 2.05) is 30.3 Å². The summed E-state index contributed by atoms with van der Waals surface area (Å²) in [6.45, 7) is 0. The lowest BCUT2D eigenvalue weighted by atomic mass is 10.1. The number of thioether (sulfide) groups is 1. The normalized spacial score (nSPS) is 16.5. The molecule has 2 aromatic carbocycles. The van der Waals surface area contributed by atoms with E-state index in [0.29, 0.717) is 27.6 Å². The number of carbonyl (C=O) groups is 2. The Morgan fingerprint density at radius 3 is 2.54 bits per heavy atom. The summed E-state index contributed by atoms with van der Waals surface area (Å²) in [4.78, 5) is 25.1. The predicted molar refractivity (Wildman–Crippen MR) is 104 cm³/mol. The second-order valence-corrected chi connectivity index (χ2v) is 7.66. The van der Waals surface area contributed by atoms with E-state index >= 15 is 0 Å². The lowest BCUT2D eigenvalue weighted by molar-refractivity contribution is -0.135. The van der Waals surface area contributed by atoms with Crippen molar-refractivity contribution in [1.82, 2.24) is 5.32 Å². The zero-order valence-corrected chi connectivity index (χ0v) is 16.1. The van der Waals surface area contributed by atoms with E-state index in [1.54, 1.807) is 12.1 Å². The molecule has 1 aliphatic heterocycles. The van der Waals surface area contributed by atoms with E-state index in [1.165, 1.54) is 24.9 Å². The van der Waals surface area contributed by atoms with Crippen LogP contribution >= 0.6 is 35.0 Å². The maximum atomic E-state index is 12.6. The number of esters is 1. The molecule has 1 unspecified atom stereocenters. The summed E-state index contributed by atoms with van der Waals surface area (Å²) in [5.41, 5.74) is 1.90. The summed E-state index contributed by atoms with van der Waals surface area (Å²) in [5.74, 6) is -0.858. The molecular formula is C19H15Cl2NO3S. The summed E-state index contributed by atoms with van der Waals surface area (Å²) in [6, 6.07) is 14.5. The van der Waals surface area contributed by atoms with Crippen molar-refractivity contribution >= 4 is 46.8 Å². The van der Waals surface area contributed by atoms with Crippen molar-refractivity contribution in [3.63, 3.8) is 0 Å². The van der Waals surface area contributed by atoms with Crippen LogP contribution in [0.25, 0.3) is 0 Å². The second-order valence-electron chi connectivity index (χ2n) is 5.60. The Morgan fingerprint density at radius 2 is 1.88 bits per heavy atom. The molecule has 4 nitrogen and oxygen atoms in total. The molecule has 134 valence electrons. The van der Waals surface area contributed by atoms with Gasteiger partial charge in [-0.25, -0.2) is 4.79 Å². The average Bonchev–Trinajstić information content (AvgIpc) is 3.05. The van der Waals surface area contributed by atoms with E-state index in [4.69, 9.17) is 27.9 Å². The number of hydrogen-bond acceptors (Lipinski definition) is 4. The van der Waals surface area contributed by atoms with Gasteiger partial charge in [-0.2, -0.15) is 0 Å². The molecule has 1 atom stereocenters. The molecule has 1 heterocycles. The number of amides is 1. The number of hydrogen-bond donors (Lipinski definition) is 1. The number of halogens is 2. The highest BCUT2D eigenvalue weighted by Crippen LogP contribution is 2.47. The molecule has 0 fully saturated rings. The zero-order chi connectivity index (χ0) is 18.7. The van der Waals surface area contributed by atoms with Crippen LogP contribution in [0.2, 0.25) is 10.0 Å². The van der Waals surface area contributed by atoms with E-state index < -0.39 is 11.9 Å². The molecule has 0 aromatic heterocycles. The molecule has 2 aromatic rings. The topological polar surface area (TPSA) is 55.4 Å². The highest BCUT2D eigenvalue weighted by molar-refractivity contribution is 8.04. The van der Waals surface area contributed by atoms with Crippen molar-refractivity contribution in [1.29, 1.82) is 0 Å². The molecule has 0 bridgehead atoms. The van der Waals surface area contributed by atoms with Crippen molar-refractivity contribution < 1.29 is 14.3 Å². The number of rotatable bonds is 4. The summed E-state index contributed by atoms with van der Waals surface area (Å²) < 4.78 is 4.86. The van der Waals surface area contributed by atoms with Gasteiger partial charge in [-0.15, -0.1) is 11.8 Å². The third kappa shape index (κ3) is 4.06. The van der Waals surface area contributed by atoms with E-state index in [2.05, 4.69) is 5.32 Å². The number of carbonyl (C=O) groups excluding carboxylic acids is 2. The lowest BCUT2D eigenvalue weighted by Crippen LogP contribution is -2.24. The molecule has 0 saturated carbocycles. The van der Waals surface area contributed by atoms with Gasteiger partial charge in [-0.1, -0.05) is 53.5 Å². The largest absolute Gasteiger partial charge is 0.465 e. The molecule has 0 spiro atoms. The van der Waals surface area contributed by atoms with Crippen molar-refractivity contribution in [2.45, 2.75) is 11.7 Å². The molecule has 3 rings (SSSR count). The number of methoxy groups -OCH3 is 1. The number of nitrogens with one attached hydrogen (secondary N) is 1. The Kier molecular flexibility index (Phi) is 5.91. The fourth-order valence-corrected chi connectivity index (χ4v) is 4.41. The van der Waals surface area contributed by atoms with Gasteiger partial charge in [0.2, 0.25) is 0 Å². The summed E-state index contributed by atoms with van der Waals surface area (Å²) in [6.07, 6.45) is 0.510. The predicted octanol–water partition coefficient (Wildman–Crippen LogP) is 4.99. The van der Waals surface area contributed by atoms with Crippen LogP contribution < -0.4 is 5.32 Å². The van der Waals surface area contributed by atoms with Crippen LogP contribution in [0.4, 0.5) is 0 Å². The molecular weight excluding hydrogens is 393 g/mol. The molecule has 26 heavy (non-hydrogen) atoms. The zero-order valence-electron chi connectivity index (χ0n) is 13.8. The van der Waals surface area contributed by atoms with Crippen LogP contribution in [0, 0.1) is 0 Å². The Morgan fingerprint density at radius 1 is 1.15 bits per heavy atom. The molecule has 0 saturated heterocycles. The first-order chi connectivity index (χ1) is 12.5. The fourth-order valence-electron chi connectivity index (χ4n) is 2.64. The van der Waals surface area contributed by atoms with Gasteiger partial charge in [0.25, 0.3) is 5.91 Å². The van der Waals surface area contributed by atoms with E-state index in [9.17, 15) is 9.59 Å². The van der Waals surface area contributed by atoms with Crippen LogP contribution in [0.15, 0.2) is 59.1 Å².